The maximum absolute atomic E-state index is 11.8. The van der Waals surface area contributed by atoms with Crippen molar-refractivity contribution in [3.8, 4) is 0 Å². The zero-order chi connectivity index (χ0) is 14.4. The third-order valence-electron chi connectivity index (χ3n) is 4.04. The maximum atomic E-state index is 11.8. The van der Waals surface area contributed by atoms with Gasteiger partial charge in [0, 0.05) is 12.6 Å². The molecule has 1 saturated heterocycles. The molecule has 1 aliphatic heterocycles. The minimum absolute atomic E-state index is 0.176. The number of hydrogen-bond donors (Lipinski definition) is 3. The number of amides is 3. The number of nitrogens with zero attached hydrogens (tertiary/aromatic N) is 1. The Labute approximate surface area is 119 Å². The molecule has 1 heterocycles. The number of rotatable bonds is 3. The lowest BCUT2D eigenvalue weighted by Gasteiger charge is -2.29. The van der Waals surface area contributed by atoms with E-state index in [1.165, 1.54) is 6.42 Å². The van der Waals surface area contributed by atoms with Crippen molar-refractivity contribution in [1.29, 1.82) is 0 Å². The van der Waals surface area contributed by atoms with E-state index >= 15 is 0 Å². The lowest BCUT2D eigenvalue weighted by Crippen LogP contribution is -2.49. The molecule has 0 spiro atoms. The number of nitrogens with one attached hydrogen (secondary N) is 2. The summed E-state index contributed by atoms with van der Waals surface area (Å²) < 4.78 is 0. The SMILES string of the molecule is O=C(CN1CCC[C@@H](O)C1)NC(=O)NC1CCCCC1. The quantitative estimate of drug-likeness (QED) is 0.708. The highest BCUT2D eigenvalue weighted by molar-refractivity contribution is 5.95. The molecule has 1 aliphatic carbocycles. The zero-order valence-corrected chi connectivity index (χ0v) is 11.9. The van der Waals surface area contributed by atoms with Gasteiger partial charge in [0.15, 0.2) is 0 Å². The van der Waals surface area contributed by atoms with Crippen LogP contribution in [0.25, 0.3) is 0 Å². The average Bonchev–Trinajstić information content (AvgIpc) is 2.39. The fraction of sp³-hybridized carbons (Fsp3) is 0.857. The third kappa shape index (κ3) is 5.09. The molecule has 0 radical (unpaired) electrons. The van der Waals surface area contributed by atoms with Crippen LogP contribution >= 0.6 is 0 Å². The molecule has 1 atom stereocenters. The molecule has 2 fully saturated rings. The van der Waals surface area contributed by atoms with Crippen LogP contribution in [-0.4, -0.2) is 53.7 Å². The van der Waals surface area contributed by atoms with E-state index in [9.17, 15) is 14.7 Å². The normalized spacial score (nSPS) is 25.1. The molecule has 0 aromatic carbocycles. The molecule has 0 aromatic rings. The van der Waals surface area contributed by atoms with Crippen LogP contribution in [-0.2, 0) is 4.79 Å². The van der Waals surface area contributed by atoms with Crippen LogP contribution in [0.2, 0.25) is 0 Å². The van der Waals surface area contributed by atoms with E-state index in [1.807, 2.05) is 4.90 Å². The number of hydrogen-bond acceptors (Lipinski definition) is 4. The molecule has 3 N–H and O–H groups in total. The summed E-state index contributed by atoms with van der Waals surface area (Å²) in [6.45, 7) is 1.49. The Bertz CT molecular complexity index is 343. The van der Waals surface area contributed by atoms with Crippen LogP contribution in [0.5, 0.6) is 0 Å². The minimum Gasteiger partial charge on any atom is -0.392 e. The molecular formula is C14H25N3O3. The minimum atomic E-state index is -0.389. The standard InChI is InChI=1S/C14H25N3O3/c18-12-7-4-8-17(9-12)10-13(19)16-14(20)15-11-5-2-1-3-6-11/h11-12,18H,1-10H2,(H2,15,16,19,20)/t12-/m1/s1. The van der Waals surface area contributed by atoms with Gasteiger partial charge >= 0.3 is 6.03 Å². The van der Waals surface area contributed by atoms with E-state index in [1.54, 1.807) is 0 Å². The van der Waals surface area contributed by atoms with Crippen LogP contribution in [0.3, 0.4) is 0 Å². The van der Waals surface area contributed by atoms with Crippen molar-refractivity contribution in [2.45, 2.75) is 57.1 Å². The first-order valence-electron chi connectivity index (χ1n) is 7.64. The number of imide groups is 1. The molecule has 6 heteroatoms. The van der Waals surface area contributed by atoms with E-state index in [-0.39, 0.29) is 30.6 Å². The summed E-state index contributed by atoms with van der Waals surface area (Å²) in [5, 5.41) is 14.8. The molecule has 2 aliphatic rings. The first kappa shape index (κ1) is 15.3. The van der Waals surface area contributed by atoms with E-state index in [4.69, 9.17) is 0 Å². The van der Waals surface area contributed by atoms with Gasteiger partial charge < -0.3 is 10.4 Å². The number of β-amino-alcohol motifs (C(OH)–C–C–N with tert-alkyl or cyclic N) is 1. The number of carbonyl (C=O) groups excluding carboxylic acids is 2. The molecule has 6 nitrogen and oxygen atoms in total. The van der Waals surface area contributed by atoms with Crippen molar-refractivity contribution in [2.75, 3.05) is 19.6 Å². The summed E-state index contributed by atoms with van der Waals surface area (Å²) in [7, 11) is 0. The van der Waals surface area contributed by atoms with Gasteiger partial charge in [-0.15, -0.1) is 0 Å². The predicted octanol–water partition coefficient (Wildman–Crippen LogP) is 0.602. The van der Waals surface area contributed by atoms with Crippen molar-refractivity contribution in [2.24, 2.45) is 0 Å². The number of piperidine rings is 1. The Morgan fingerprint density at radius 2 is 1.85 bits per heavy atom. The molecule has 0 bridgehead atoms. The van der Waals surface area contributed by atoms with Gasteiger partial charge in [0.25, 0.3) is 0 Å². The summed E-state index contributed by atoms with van der Waals surface area (Å²) in [6, 6.07) is -0.187. The highest BCUT2D eigenvalue weighted by atomic mass is 16.3. The summed E-state index contributed by atoms with van der Waals surface area (Å²) in [6.07, 6.45) is 6.85. The van der Waals surface area contributed by atoms with Gasteiger partial charge in [0.1, 0.15) is 0 Å². The summed E-state index contributed by atoms with van der Waals surface area (Å²) >= 11 is 0. The molecule has 1 saturated carbocycles. The Kier molecular flexibility index (Phi) is 5.79. The number of aliphatic hydroxyl groups is 1. The fourth-order valence-electron chi connectivity index (χ4n) is 3.01. The van der Waals surface area contributed by atoms with Gasteiger partial charge in [0.05, 0.1) is 12.6 Å². The topological polar surface area (TPSA) is 81.7 Å². The highest BCUT2D eigenvalue weighted by Crippen LogP contribution is 2.17. The first-order valence-corrected chi connectivity index (χ1v) is 7.64. The van der Waals surface area contributed by atoms with Gasteiger partial charge in [-0.3, -0.25) is 15.0 Å². The smallest absolute Gasteiger partial charge is 0.321 e. The van der Waals surface area contributed by atoms with Crippen LogP contribution < -0.4 is 10.6 Å². The first-order chi connectivity index (χ1) is 9.63. The Morgan fingerprint density at radius 3 is 2.55 bits per heavy atom. The fourth-order valence-corrected chi connectivity index (χ4v) is 3.01. The molecule has 20 heavy (non-hydrogen) atoms. The van der Waals surface area contributed by atoms with E-state index in [0.717, 1.165) is 45.1 Å². The summed E-state index contributed by atoms with van der Waals surface area (Å²) in [4.78, 5) is 25.4. The Hall–Kier alpha value is -1.14. The number of urea groups is 1. The number of carbonyl (C=O) groups is 2. The molecular weight excluding hydrogens is 258 g/mol. The molecule has 3 amide bonds. The maximum Gasteiger partial charge on any atom is 0.321 e. The average molecular weight is 283 g/mol. The van der Waals surface area contributed by atoms with E-state index in [0.29, 0.717) is 6.54 Å². The largest absolute Gasteiger partial charge is 0.392 e. The molecule has 114 valence electrons. The Balaban J connectivity index is 1.66. The van der Waals surface area contributed by atoms with Crippen LogP contribution in [0, 0.1) is 0 Å². The predicted molar refractivity (Wildman–Crippen MR) is 75.2 cm³/mol. The second kappa shape index (κ2) is 7.59. The monoisotopic (exact) mass is 283 g/mol. The second-order valence-electron chi connectivity index (χ2n) is 5.89. The van der Waals surface area contributed by atoms with Gasteiger partial charge in [-0.05, 0) is 32.2 Å². The molecule has 2 rings (SSSR count). The van der Waals surface area contributed by atoms with Crippen molar-refractivity contribution < 1.29 is 14.7 Å². The lowest BCUT2D eigenvalue weighted by atomic mass is 9.96. The van der Waals surface area contributed by atoms with Crippen molar-refractivity contribution in [1.82, 2.24) is 15.5 Å². The van der Waals surface area contributed by atoms with Crippen molar-refractivity contribution in [3.63, 3.8) is 0 Å². The lowest BCUT2D eigenvalue weighted by molar-refractivity contribution is -0.121. The van der Waals surface area contributed by atoms with E-state index in [2.05, 4.69) is 10.6 Å². The summed E-state index contributed by atoms with van der Waals surface area (Å²) in [5.74, 6) is -0.299. The van der Waals surface area contributed by atoms with Crippen molar-refractivity contribution in [3.05, 3.63) is 0 Å². The van der Waals surface area contributed by atoms with Crippen LogP contribution in [0.4, 0.5) is 4.79 Å². The number of likely N-dealkylation sites (tertiary alicyclic amines) is 1. The van der Waals surface area contributed by atoms with Gasteiger partial charge in [0.2, 0.25) is 5.91 Å². The highest BCUT2D eigenvalue weighted by Gasteiger charge is 2.21. The molecule has 0 unspecified atom stereocenters. The Morgan fingerprint density at radius 1 is 1.10 bits per heavy atom. The van der Waals surface area contributed by atoms with Gasteiger partial charge in [-0.25, -0.2) is 4.79 Å². The van der Waals surface area contributed by atoms with Crippen LogP contribution in [0.1, 0.15) is 44.9 Å². The third-order valence-corrected chi connectivity index (χ3v) is 4.04. The zero-order valence-electron chi connectivity index (χ0n) is 11.9. The molecule has 0 aromatic heterocycles. The van der Waals surface area contributed by atoms with Crippen LogP contribution in [0.15, 0.2) is 0 Å². The summed E-state index contributed by atoms with van der Waals surface area (Å²) in [5.41, 5.74) is 0. The van der Waals surface area contributed by atoms with E-state index < -0.39 is 0 Å². The second-order valence-corrected chi connectivity index (χ2v) is 5.89. The van der Waals surface area contributed by atoms with Crippen molar-refractivity contribution >= 4 is 11.9 Å². The van der Waals surface area contributed by atoms with Gasteiger partial charge in [-0.1, -0.05) is 19.3 Å². The number of aliphatic hydroxyl groups excluding tert-OH is 1. The van der Waals surface area contributed by atoms with Gasteiger partial charge in [-0.2, -0.15) is 0 Å².